The van der Waals surface area contributed by atoms with Crippen LogP contribution in [0, 0.1) is 11.6 Å². The summed E-state index contributed by atoms with van der Waals surface area (Å²) in [5, 5.41) is 16.7. The van der Waals surface area contributed by atoms with Crippen LogP contribution >= 0.6 is 15.9 Å². The molecule has 122 valence electrons. The summed E-state index contributed by atoms with van der Waals surface area (Å²) in [6.45, 7) is -0.00783. The summed E-state index contributed by atoms with van der Waals surface area (Å²) >= 11 is 3.17. The Kier molecular flexibility index (Phi) is 4.39. The van der Waals surface area contributed by atoms with E-state index in [2.05, 4.69) is 26.2 Å². The van der Waals surface area contributed by atoms with Crippen molar-refractivity contribution in [2.75, 3.05) is 0 Å². The quantitative estimate of drug-likeness (QED) is 0.732. The van der Waals surface area contributed by atoms with Gasteiger partial charge in [-0.25, -0.2) is 18.3 Å². The van der Waals surface area contributed by atoms with E-state index in [4.69, 9.17) is 0 Å². The number of hydrogen-bond donors (Lipinski definition) is 1. The summed E-state index contributed by atoms with van der Waals surface area (Å²) in [5.41, 5.74) is 0.656. The smallest absolute Gasteiger partial charge is 0.358 e. The molecule has 1 N–H and O–H groups in total. The van der Waals surface area contributed by atoms with Gasteiger partial charge in [-0.2, -0.15) is 0 Å². The Morgan fingerprint density at radius 3 is 2.50 bits per heavy atom. The van der Waals surface area contributed by atoms with Gasteiger partial charge in [0.1, 0.15) is 17.3 Å². The largest absolute Gasteiger partial charge is 0.476 e. The van der Waals surface area contributed by atoms with Crippen LogP contribution in [0.5, 0.6) is 0 Å². The first-order chi connectivity index (χ1) is 11.5. The number of benzene rings is 2. The molecule has 0 spiro atoms. The van der Waals surface area contributed by atoms with Crippen LogP contribution in [0.1, 0.15) is 16.1 Å². The summed E-state index contributed by atoms with van der Waals surface area (Å²) in [6.07, 6.45) is 0. The van der Waals surface area contributed by atoms with Crippen LogP contribution in [0.4, 0.5) is 8.78 Å². The van der Waals surface area contributed by atoms with Crippen molar-refractivity contribution >= 4 is 21.9 Å². The van der Waals surface area contributed by atoms with Crippen molar-refractivity contribution in [3.8, 4) is 11.3 Å². The van der Waals surface area contributed by atoms with Crippen LogP contribution in [0.3, 0.4) is 0 Å². The van der Waals surface area contributed by atoms with Crippen LogP contribution in [-0.2, 0) is 6.54 Å². The molecule has 3 rings (SSSR count). The van der Waals surface area contributed by atoms with E-state index in [0.717, 1.165) is 0 Å². The minimum atomic E-state index is -1.27. The van der Waals surface area contributed by atoms with E-state index in [-0.39, 0.29) is 17.9 Å². The highest BCUT2D eigenvalue weighted by molar-refractivity contribution is 9.10. The lowest BCUT2D eigenvalue weighted by atomic mass is 10.1. The SMILES string of the molecule is O=C(O)c1nnn(Cc2ccc(Br)cc2F)c1-c1ccc(F)cc1. The third-order valence-corrected chi connectivity index (χ3v) is 3.88. The number of rotatable bonds is 4. The third kappa shape index (κ3) is 3.18. The van der Waals surface area contributed by atoms with Crippen molar-refractivity contribution in [3.63, 3.8) is 0 Å². The molecular formula is C16H10BrF2N3O2. The molecular weight excluding hydrogens is 384 g/mol. The van der Waals surface area contributed by atoms with E-state index < -0.39 is 17.6 Å². The fraction of sp³-hybridized carbons (Fsp3) is 0.0625. The number of carboxylic acids is 1. The van der Waals surface area contributed by atoms with E-state index in [1.165, 1.54) is 35.0 Å². The average molecular weight is 394 g/mol. The monoisotopic (exact) mass is 393 g/mol. The van der Waals surface area contributed by atoms with Gasteiger partial charge in [-0.1, -0.05) is 27.2 Å². The molecule has 1 heterocycles. The summed E-state index contributed by atoms with van der Waals surface area (Å²) in [4.78, 5) is 11.4. The third-order valence-electron chi connectivity index (χ3n) is 3.39. The molecule has 0 radical (unpaired) electrons. The molecule has 0 unspecified atom stereocenters. The number of nitrogens with zero attached hydrogens (tertiary/aromatic N) is 3. The maximum Gasteiger partial charge on any atom is 0.358 e. The summed E-state index contributed by atoms with van der Waals surface area (Å²) < 4.78 is 29.0. The highest BCUT2D eigenvalue weighted by Crippen LogP contribution is 2.24. The van der Waals surface area contributed by atoms with Crippen molar-refractivity contribution in [3.05, 3.63) is 69.8 Å². The second kappa shape index (κ2) is 6.48. The van der Waals surface area contributed by atoms with Gasteiger partial charge in [0, 0.05) is 15.6 Å². The molecule has 24 heavy (non-hydrogen) atoms. The maximum atomic E-state index is 14.0. The maximum absolute atomic E-state index is 14.0. The average Bonchev–Trinajstić information content (AvgIpc) is 2.95. The molecule has 0 fully saturated rings. The Morgan fingerprint density at radius 1 is 1.17 bits per heavy atom. The van der Waals surface area contributed by atoms with E-state index in [1.807, 2.05) is 0 Å². The van der Waals surface area contributed by atoms with Crippen molar-refractivity contribution < 1.29 is 18.7 Å². The number of aromatic carboxylic acids is 1. The van der Waals surface area contributed by atoms with Gasteiger partial charge in [0.05, 0.1) is 6.54 Å². The minimum absolute atomic E-state index is 0.00783. The Balaban J connectivity index is 2.08. The van der Waals surface area contributed by atoms with Gasteiger partial charge in [0.25, 0.3) is 0 Å². The molecule has 8 heteroatoms. The molecule has 0 saturated carbocycles. The molecule has 0 atom stereocenters. The summed E-state index contributed by atoms with van der Waals surface area (Å²) in [5.74, 6) is -2.17. The van der Waals surface area contributed by atoms with Gasteiger partial charge in [-0.3, -0.25) is 0 Å². The van der Waals surface area contributed by atoms with Gasteiger partial charge in [-0.05, 0) is 36.4 Å². The predicted molar refractivity (Wildman–Crippen MR) is 85.6 cm³/mol. The zero-order valence-electron chi connectivity index (χ0n) is 12.1. The van der Waals surface area contributed by atoms with E-state index in [0.29, 0.717) is 15.6 Å². The number of carbonyl (C=O) groups is 1. The van der Waals surface area contributed by atoms with Gasteiger partial charge < -0.3 is 5.11 Å². The number of halogens is 3. The minimum Gasteiger partial charge on any atom is -0.476 e. The fourth-order valence-electron chi connectivity index (χ4n) is 2.27. The zero-order valence-corrected chi connectivity index (χ0v) is 13.7. The number of hydrogen-bond acceptors (Lipinski definition) is 3. The first-order valence-corrected chi connectivity index (χ1v) is 7.61. The van der Waals surface area contributed by atoms with Gasteiger partial charge in [0.15, 0.2) is 5.69 Å². The van der Waals surface area contributed by atoms with Gasteiger partial charge in [0.2, 0.25) is 0 Å². The molecule has 0 aliphatic rings. The van der Waals surface area contributed by atoms with Crippen LogP contribution in [0.2, 0.25) is 0 Å². The molecule has 0 saturated heterocycles. The van der Waals surface area contributed by atoms with Crippen LogP contribution in [0.25, 0.3) is 11.3 Å². The topological polar surface area (TPSA) is 68.0 Å². The highest BCUT2D eigenvalue weighted by atomic mass is 79.9. The predicted octanol–water partition coefficient (Wildman–Crippen LogP) is 3.73. The van der Waals surface area contributed by atoms with Crippen molar-refractivity contribution in [2.24, 2.45) is 0 Å². The Hall–Kier alpha value is -2.61. The van der Waals surface area contributed by atoms with E-state index >= 15 is 0 Å². The van der Waals surface area contributed by atoms with Crippen molar-refractivity contribution in [2.45, 2.75) is 6.54 Å². The lowest BCUT2D eigenvalue weighted by molar-refractivity contribution is 0.0691. The molecule has 0 amide bonds. The van der Waals surface area contributed by atoms with E-state index in [9.17, 15) is 18.7 Å². The summed E-state index contributed by atoms with van der Waals surface area (Å²) in [7, 11) is 0. The molecule has 3 aromatic rings. The number of carboxylic acid groups (broad SMARTS) is 1. The van der Waals surface area contributed by atoms with Gasteiger partial charge >= 0.3 is 5.97 Å². The lowest BCUT2D eigenvalue weighted by Crippen LogP contribution is -2.07. The Bertz CT molecular complexity index is 910. The van der Waals surface area contributed by atoms with Crippen molar-refractivity contribution in [1.82, 2.24) is 15.0 Å². The number of aromatic nitrogens is 3. The second-order valence-electron chi connectivity index (χ2n) is 4.99. The van der Waals surface area contributed by atoms with Gasteiger partial charge in [-0.15, -0.1) is 5.10 Å². The summed E-state index contributed by atoms with van der Waals surface area (Å²) in [6, 6.07) is 9.81. The molecule has 0 bridgehead atoms. The molecule has 1 aromatic heterocycles. The van der Waals surface area contributed by atoms with Crippen LogP contribution < -0.4 is 0 Å². The second-order valence-corrected chi connectivity index (χ2v) is 5.91. The molecule has 0 aliphatic carbocycles. The Labute approximate surface area is 143 Å². The zero-order chi connectivity index (χ0) is 17.3. The van der Waals surface area contributed by atoms with Crippen LogP contribution in [0.15, 0.2) is 46.9 Å². The first kappa shape index (κ1) is 16.3. The standard InChI is InChI=1S/C16H10BrF2N3O2/c17-11-4-1-10(13(19)7-11)8-22-15(14(16(23)24)20-21-22)9-2-5-12(18)6-3-9/h1-7H,8H2,(H,23,24). The molecule has 5 nitrogen and oxygen atoms in total. The molecule has 0 aliphatic heterocycles. The van der Waals surface area contributed by atoms with Crippen LogP contribution in [-0.4, -0.2) is 26.1 Å². The normalized spacial score (nSPS) is 10.8. The molecule has 2 aromatic carbocycles. The Morgan fingerprint density at radius 2 is 1.88 bits per heavy atom. The highest BCUT2D eigenvalue weighted by Gasteiger charge is 2.21. The fourth-order valence-corrected chi connectivity index (χ4v) is 2.61. The first-order valence-electron chi connectivity index (χ1n) is 6.82. The van der Waals surface area contributed by atoms with Crippen molar-refractivity contribution in [1.29, 1.82) is 0 Å². The van der Waals surface area contributed by atoms with E-state index in [1.54, 1.807) is 12.1 Å². The lowest BCUT2D eigenvalue weighted by Gasteiger charge is -2.09.